The molecule has 0 saturated heterocycles. The van der Waals surface area contributed by atoms with Crippen molar-refractivity contribution < 1.29 is 13.9 Å². The molecule has 0 amide bonds. The van der Waals surface area contributed by atoms with E-state index in [1.807, 2.05) is 0 Å². The van der Waals surface area contributed by atoms with E-state index < -0.39 is 5.82 Å². The minimum absolute atomic E-state index is 0.0581. The maximum atomic E-state index is 13.1. The van der Waals surface area contributed by atoms with Gasteiger partial charge in [-0.3, -0.25) is 4.79 Å². The van der Waals surface area contributed by atoms with Crippen molar-refractivity contribution in [2.75, 3.05) is 12.8 Å². The van der Waals surface area contributed by atoms with Crippen LogP contribution in [0, 0.1) is 5.82 Å². The third-order valence-electron chi connectivity index (χ3n) is 1.89. The highest BCUT2D eigenvalue weighted by Crippen LogP contribution is 2.33. The van der Waals surface area contributed by atoms with Gasteiger partial charge in [-0.2, -0.15) is 0 Å². The number of hydrogen-bond acceptors (Lipinski definition) is 4. The third kappa shape index (κ3) is 3.12. The van der Waals surface area contributed by atoms with Crippen molar-refractivity contribution in [3.63, 3.8) is 0 Å². The molecule has 1 aromatic rings. The number of carbonyl (C=O) groups is 1. The summed E-state index contributed by atoms with van der Waals surface area (Å²) in [5.74, 6) is -0.818. The summed E-state index contributed by atoms with van der Waals surface area (Å²) >= 11 is 4.47. The molecule has 1 rings (SSSR count). The normalized spacial score (nSPS) is 12.2. The number of carbonyl (C=O) groups excluding carboxylic acids is 1. The highest BCUT2D eigenvalue weighted by molar-refractivity contribution is 9.10. The Labute approximate surface area is 106 Å². The predicted molar refractivity (Wildman–Crippen MR) is 65.8 cm³/mol. The second-order valence-electron chi connectivity index (χ2n) is 3.09. The fourth-order valence-corrected chi connectivity index (χ4v) is 2.58. The van der Waals surface area contributed by atoms with Gasteiger partial charge in [-0.1, -0.05) is 0 Å². The van der Waals surface area contributed by atoms with E-state index in [-0.39, 0.29) is 16.9 Å². The van der Waals surface area contributed by atoms with Crippen molar-refractivity contribution in [1.82, 2.24) is 0 Å². The van der Waals surface area contributed by atoms with Crippen LogP contribution in [0.1, 0.15) is 6.92 Å². The molecule has 0 aliphatic carbocycles. The lowest BCUT2D eigenvalue weighted by molar-refractivity contribution is -0.139. The summed E-state index contributed by atoms with van der Waals surface area (Å²) in [5.41, 5.74) is 5.51. The maximum Gasteiger partial charge on any atom is 0.318 e. The molecule has 0 saturated carbocycles. The summed E-state index contributed by atoms with van der Waals surface area (Å²) in [7, 11) is 1.33. The van der Waals surface area contributed by atoms with Crippen molar-refractivity contribution in [2.45, 2.75) is 17.1 Å². The fraction of sp³-hybridized carbons (Fsp3) is 0.300. The standard InChI is InChI=1S/C10H11BrFNO2S/c1-5(10(14)15-2)16-9-4-8(13)7(12)3-6(9)11/h3-5H,13H2,1-2H3. The molecule has 0 spiro atoms. The number of methoxy groups -OCH3 is 1. The van der Waals surface area contributed by atoms with Gasteiger partial charge in [0, 0.05) is 9.37 Å². The van der Waals surface area contributed by atoms with Gasteiger partial charge < -0.3 is 10.5 Å². The number of halogens is 2. The predicted octanol–water partition coefficient (Wildman–Crippen LogP) is 2.82. The number of rotatable bonds is 3. The third-order valence-corrected chi connectivity index (χ3v) is 3.94. The Bertz CT molecular complexity index is 414. The van der Waals surface area contributed by atoms with E-state index in [2.05, 4.69) is 20.7 Å². The van der Waals surface area contributed by atoms with Crippen LogP contribution in [0.15, 0.2) is 21.5 Å². The largest absolute Gasteiger partial charge is 0.468 e. The minimum Gasteiger partial charge on any atom is -0.468 e. The van der Waals surface area contributed by atoms with E-state index in [4.69, 9.17) is 5.73 Å². The van der Waals surface area contributed by atoms with Crippen LogP contribution in [0.3, 0.4) is 0 Å². The number of ether oxygens (including phenoxy) is 1. The number of benzene rings is 1. The average molecular weight is 308 g/mol. The van der Waals surface area contributed by atoms with E-state index in [0.29, 0.717) is 9.37 Å². The number of thioether (sulfide) groups is 1. The van der Waals surface area contributed by atoms with E-state index in [1.54, 1.807) is 6.92 Å². The van der Waals surface area contributed by atoms with Crippen LogP contribution in [0.5, 0.6) is 0 Å². The first-order valence-corrected chi connectivity index (χ1v) is 6.12. The van der Waals surface area contributed by atoms with Crippen LogP contribution in [-0.2, 0) is 9.53 Å². The summed E-state index contributed by atoms with van der Waals surface area (Å²) in [6.07, 6.45) is 0. The molecule has 0 bridgehead atoms. The number of hydrogen-bond donors (Lipinski definition) is 1. The molecule has 0 aliphatic rings. The van der Waals surface area contributed by atoms with Crippen LogP contribution in [0.4, 0.5) is 10.1 Å². The lowest BCUT2D eigenvalue weighted by Crippen LogP contribution is -2.14. The van der Waals surface area contributed by atoms with E-state index in [0.717, 1.165) is 0 Å². The van der Waals surface area contributed by atoms with Gasteiger partial charge in [0.1, 0.15) is 11.1 Å². The number of nitrogen functional groups attached to an aromatic ring is 1. The molecule has 88 valence electrons. The van der Waals surface area contributed by atoms with Crippen molar-refractivity contribution in [2.24, 2.45) is 0 Å². The highest BCUT2D eigenvalue weighted by Gasteiger charge is 2.17. The van der Waals surface area contributed by atoms with Crippen molar-refractivity contribution in [1.29, 1.82) is 0 Å². The molecule has 0 aliphatic heterocycles. The second kappa shape index (κ2) is 5.54. The minimum atomic E-state index is -0.484. The van der Waals surface area contributed by atoms with E-state index in [1.165, 1.54) is 31.0 Å². The Hall–Kier alpha value is -0.750. The van der Waals surface area contributed by atoms with Crippen molar-refractivity contribution in [3.05, 3.63) is 22.4 Å². The van der Waals surface area contributed by atoms with Crippen molar-refractivity contribution >= 4 is 39.3 Å². The van der Waals surface area contributed by atoms with Gasteiger partial charge in [0.2, 0.25) is 0 Å². The van der Waals surface area contributed by atoms with Crippen LogP contribution in [0.25, 0.3) is 0 Å². The van der Waals surface area contributed by atoms with Crippen LogP contribution < -0.4 is 5.73 Å². The van der Waals surface area contributed by atoms with E-state index >= 15 is 0 Å². The Morgan fingerprint density at radius 3 is 2.81 bits per heavy atom. The summed E-state index contributed by atoms with van der Waals surface area (Å²) in [5, 5.41) is -0.369. The number of anilines is 1. The Kier molecular flexibility index (Phi) is 4.61. The molecule has 16 heavy (non-hydrogen) atoms. The van der Waals surface area contributed by atoms with E-state index in [9.17, 15) is 9.18 Å². The second-order valence-corrected chi connectivity index (χ2v) is 5.32. The highest BCUT2D eigenvalue weighted by atomic mass is 79.9. The topological polar surface area (TPSA) is 52.3 Å². The van der Waals surface area contributed by atoms with Gasteiger partial charge >= 0.3 is 5.97 Å². The number of esters is 1. The zero-order valence-corrected chi connectivity index (χ0v) is 11.2. The van der Waals surface area contributed by atoms with Gasteiger partial charge in [0.15, 0.2) is 0 Å². The summed E-state index contributed by atoms with van der Waals surface area (Å²) in [4.78, 5) is 11.9. The number of nitrogens with two attached hydrogens (primary N) is 1. The lowest BCUT2D eigenvalue weighted by Gasteiger charge is -2.11. The molecule has 1 atom stereocenters. The molecule has 0 heterocycles. The first kappa shape index (κ1) is 13.3. The molecule has 0 aromatic heterocycles. The first-order valence-electron chi connectivity index (χ1n) is 4.44. The summed E-state index contributed by atoms with van der Waals surface area (Å²) < 4.78 is 18.2. The summed E-state index contributed by atoms with van der Waals surface area (Å²) in [6, 6.07) is 2.77. The monoisotopic (exact) mass is 307 g/mol. The van der Waals surface area contributed by atoms with Gasteiger partial charge in [-0.05, 0) is 35.0 Å². The van der Waals surface area contributed by atoms with Gasteiger partial charge in [-0.25, -0.2) is 4.39 Å². The Balaban J connectivity index is 2.89. The Morgan fingerprint density at radius 1 is 1.62 bits per heavy atom. The molecule has 1 unspecified atom stereocenters. The molecule has 6 heteroatoms. The molecular weight excluding hydrogens is 297 g/mol. The SMILES string of the molecule is COC(=O)C(C)Sc1cc(N)c(F)cc1Br. The average Bonchev–Trinajstić information content (AvgIpc) is 2.24. The Morgan fingerprint density at radius 2 is 2.25 bits per heavy atom. The van der Waals surface area contributed by atoms with Crippen LogP contribution >= 0.6 is 27.7 Å². The van der Waals surface area contributed by atoms with Gasteiger partial charge in [0.05, 0.1) is 12.8 Å². The molecule has 0 radical (unpaired) electrons. The fourth-order valence-electron chi connectivity index (χ4n) is 1.04. The molecule has 0 fully saturated rings. The lowest BCUT2D eigenvalue weighted by atomic mass is 10.3. The molecule has 1 aromatic carbocycles. The maximum absolute atomic E-state index is 13.1. The molecular formula is C10H11BrFNO2S. The van der Waals surface area contributed by atoms with Crippen molar-refractivity contribution in [3.8, 4) is 0 Å². The molecule has 3 nitrogen and oxygen atoms in total. The quantitative estimate of drug-likeness (QED) is 0.530. The van der Waals surface area contributed by atoms with Crippen LogP contribution in [-0.4, -0.2) is 18.3 Å². The zero-order chi connectivity index (χ0) is 12.3. The smallest absolute Gasteiger partial charge is 0.318 e. The first-order chi connectivity index (χ1) is 7.45. The molecule has 2 N–H and O–H groups in total. The summed E-state index contributed by atoms with van der Waals surface area (Å²) in [6.45, 7) is 1.71. The van der Waals surface area contributed by atoms with Gasteiger partial charge in [0.25, 0.3) is 0 Å². The van der Waals surface area contributed by atoms with Crippen LogP contribution in [0.2, 0.25) is 0 Å². The van der Waals surface area contributed by atoms with Gasteiger partial charge in [-0.15, -0.1) is 11.8 Å². The zero-order valence-electron chi connectivity index (χ0n) is 8.79.